The van der Waals surface area contributed by atoms with Crippen molar-refractivity contribution >= 4 is 17.8 Å². The van der Waals surface area contributed by atoms with Gasteiger partial charge in [-0.2, -0.15) is 0 Å². The topological polar surface area (TPSA) is 107 Å². The highest BCUT2D eigenvalue weighted by Crippen LogP contribution is 2.65. The first-order valence-corrected chi connectivity index (χ1v) is 11.2. The van der Waals surface area contributed by atoms with Crippen LogP contribution < -0.4 is 0 Å². The molecule has 3 saturated heterocycles. The molecule has 0 aromatic heterocycles. The van der Waals surface area contributed by atoms with Gasteiger partial charge in [-0.1, -0.05) is 26.8 Å². The van der Waals surface area contributed by atoms with Crippen LogP contribution in [0.5, 0.6) is 0 Å². The van der Waals surface area contributed by atoms with E-state index < -0.39 is 47.0 Å². The van der Waals surface area contributed by atoms with E-state index in [0.717, 1.165) is 0 Å². The minimum atomic E-state index is -1.22. The monoisotopic (exact) mass is 436 g/mol. The van der Waals surface area contributed by atoms with Gasteiger partial charge in [0.25, 0.3) is 0 Å². The van der Waals surface area contributed by atoms with Gasteiger partial charge in [0.1, 0.15) is 17.6 Å². The largest absolute Gasteiger partial charge is 0.481 e. The maximum absolute atomic E-state index is 14.0. The number of carbonyl (C=O) groups excluding carboxylic acids is 2. The van der Waals surface area contributed by atoms with Crippen LogP contribution in [0.2, 0.25) is 0 Å². The number of fused-ring (bicyclic) bond motifs is 1. The molecule has 0 radical (unpaired) electrons. The fraction of sp³-hybridized carbons (Fsp3) is 0.783. The number of carboxylic acid groups (broad SMARTS) is 1. The first-order valence-electron chi connectivity index (χ1n) is 11.2. The van der Waals surface area contributed by atoms with Crippen molar-refractivity contribution in [2.75, 3.05) is 13.2 Å². The number of hydrogen-bond acceptors (Lipinski definition) is 5. The van der Waals surface area contributed by atoms with E-state index in [1.807, 2.05) is 34.6 Å². The molecule has 31 heavy (non-hydrogen) atoms. The van der Waals surface area contributed by atoms with E-state index in [9.17, 15) is 24.6 Å². The summed E-state index contributed by atoms with van der Waals surface area (Å²) in [5, 5.41) is 20.2. The van der Waals surface area contributed by atoms with Gasteiger partial charge < -0.3 is 24.7 Å². The average molecular weight is 437 g/mol. The van der Waals surface area contributed by atoms with Crippen LogP contribution in [0.25, 0.3) is 0 Å². The number of aliphatic hydroxyl groups is 1. The van der Waals surface area contributed by atoms with Crippen LogP contribution >= 0.6 is 0 Å². The molecule has 2 N–H and O–H groups in total. The van der Waals surface area contributed by atoms with Gasteiger partial charge >= 0.3 is 5.97 Å². The third-order valence-corrected chi connectivity index (χ3v) is 7.80. The van der Waals surface area contributed by atoms with Gasteiger partial charge in [-0.25, -0.2) is 0 Å². The lowest BCUT2D eigenvalue weighted by atomic mass is 9.62. The normalized spacial score (nSPS) is 37.5. The van der Waals surface area contributed by atoms with E-state index in [2.05, 4.69) is 6.58 Å². The Labute approximate surface area is 184 Å². The number of likely N-dealkylation sites (tertiary alicyclic amines) is 1. The molecule has 0 aromatic carbocycles. The Bertz CT molecular complexity index is 782. The molecule has 8 nitrogen and oxygen atoms in total. The fourth-order valence-corrected chi connectivity index (χ4v) is 6.16. The second-order valence-electron chi connectivity index (χ2n) is 10.2. The van der Waals surface area contributed by atoms with Crippen molar-refractivity contribution in [2.24, 2.45) is 23.7 Å². The third kappa shape index (κ3) is 3.13. The summed E-state index contributed by atoms with van der Waals surface area (Å²) in [5.74, 6) is -4.03. The van der Waals surface area contributed by atoms with E-state index >= 15 is 0 Å². The molecule has 1 spiro atoms. The summed E-state index contributed by atoms with van der Waals surface area (Å²) in [7, 11) is 0. The predicted molar refractivity (Wildman–Crippen MR) is 114 cm³/mol. The van der Waals surface area contributed by atoms with Gasteiger partial charge in [0.2, 0.25) is 11.8 Å². The summed E-state index contributed by atoms with van der Waals surface area (Å²) in [6.45, 7) is 14.9. The fourth-order valence-electron chi connectivity index (χ4n) is 6.16. The second-order valence-corrected chi connectivity index (χ2v) is 10.2. The van der Waals surface area contributed by atoms with Crippen LogP contribution in [0, 0.1) is 23.7 Å². The highest BCUT2D eigenvalue weighted by molar-refractivity contribution is 5.98. The number of aliphatic carboxylic acids is 1. The second kappa shape index (κ2) is 7.89. The summed E-state index contributed by atoms with van der Waals surface area (Å²) in [5.41, 5.74) is -2.24. The zero-order valence-corrected chi connectivity index (χ0v) is 19.4. The molecule has 0 saturated carbocycles. The van der Waals surface area contributed by atoms with Crippen molar-refractivity contribution in [1.82, 2.24) is 9.80 Å². The molecule has 174 valence electrons. The number of amides is 2. The molecule has 0 aliphatic carbocycles. The smallest absolute Gasteiger partial charge is 0.310 e. The number of ether oxygens (including phenoxy) is 1. The van der Waals surface area contributed by atoms with Crippen molar-refractivity contribution < 1.29 is 29.3 Å². The Kier molecular flexibility index (Phi) is 6.04. The van der Waals surface area contributed by atoms with Gasteiger partial charge in [0.15, 0.2) is 0 Å². The van der Waals surface area contributed by atoms with Gasteiger partial charge in [0, 0.05) is 12.6 Å². The molecule has 8 heteroatoms. The molecule has 3 unspecified atom stereocenters. The number of carbonyl (C=O) groups is 3. The van der Waals surface area contributed by atoms with Crippen LogP contribution in [0.1, 0.15) is 48.0 Å². The highest BCUT2D eigenvalue weighted by atomic mass is 16.5. The van der Waals surface area contributed by atoms with Crippen LogP contribution in [0.4, 0.5) is 0 Å². The molecule has 0 aromatic rings. The SMILES string of the molecule is C=CCN(C(=O)C1N([C@@H](CO)C(C)C)C(=O)[C@@H]2[C@H](C(=O)O)[C@@]3(C)OC12CC3C)C(C)C. The Hall–Kier alpha value is -1.93. The number of carboxylic acids is 1. The number of rotatable bonds is 8. The Balaban J connectivity index is 2.21. The zero-order valence-electron chi connectivity index (χ0n) is 19.4. The molecule has 3 heterocycles. The van der Waals surface area contributed by atoms with Gasteiger partial charge in [-0.15, -0.1) is 6.58 Å². The molecule has 3 aliphatic heterocycles. The highest BCUT2D eigenvalue weighted by Gasteiger charge is 2.80. The van der Waals surface area contributed by atoms with Crippen molar-refractivity contribution in [2.45, 2.75) is 77.3 Å². The van der Waals surface area contributed by atoms with Crippen molar-refractivity contribution in [1.29, 1.82) is 0 Å². The lowest BCUT2D eigenvalue weighted by Crippen LogP contribution is -2.60. The van der Waals surface area contributed by atoms with Crippen molar-refractivity contribution in [3.63, 3.8) is 0 Å². The third-order valence-electron chi connectivity index (χ3n) is 7.80. The number of hydrogen-bond donors (Lipinski definition) is 2. The molecular formula is C23H36N2O6. The molecule has 3 fully saturated rings. The van der Waals surface area contributed by atoms with Crippen LogP contribution in [0.3, 0.4) is 0 Å². The minimum absolute atomic E-state index is 0.125. The van der Waals surface area contributed by atoms with E-state index in [1.54, 1.807) is 17.9 Å². The van der Waals surface area contributed by atoms with Crippen LogP contribution in [-0.4, -0.2) is 80.3 Å². The maximum Gasteiger partial charge on any atom is 0.310 e. The Morgan fingerprint density at radius 1 is 1.35 bits per heavy atom. The van der Waals surface area contributed by atoms with E-state index in [0.29, 0.717) is 13.0 Å². The van der Waals surface area contributed by atoms with Gasteiger partial charge in [-0.05, 0) is 39.0 Å². The molecule has 7 atom stereocenters. The van der Waals surface area contributed by atoms with E-state index in [4.69, 9.17) is 4.74 Å². The molecule has 3 rings (SSSR count). The summed E-state index contributed by atoms with van der Waals surface area (Å²) >= 11 is 0. The van der Waals surface area contributed by atoms with E-state index in [-0.39, 0.29) is 30.4 Å². The lowest BCUT2D eigenvalue weighted by molar-refractivity contribution is -0.161. The van der Waals surface area contributed by atoms with Crippen LogP contribution in [0.15, 0.2) is 12.7 Å². The lowest BCUT2D eigenvalue weighted by Gasteiger charge is -2.41. The maximum atomic E-state index is 14.0. The molecule has 2 bridgehead atoms. The Morgan fingerprint density at radius 3 is 2.42 bits per heavy atom. The number of nitrogens with zero attached hydrogens (tertiary/aromatic N) is 2. The summed E-state index contributed by atoms with van der Waals surface area (Å²) in [6.07, 6.45) is 2.06. The summed E-state index contributed by atoms with van der Waals surface area (Å²) in [4.78, 5) is 43.2. The van der Waals surface area contributed by atoms with Gasteiger partial charge in [0.05, 0.1) is 24.2 Å². The predicted octanol–water partition coefficient (Wildman–Crippen LogP) is 1.52. The molecular weight excluding hydrogens is 400 g/mol. The summed E-state index contributed by atoms with van der Waals surface area (Å²) in [6, 6.07) is -1.74. The molecule has 2 amide bonds. The standard InChI is InChI=1S/C23H36N2O6/c1-8-9-24(13(4)5)20(28)18-23-10-14(6)22(7,31-23)17(21(29)30)16(23)19(27)25(18)15(11-26)12(2)3/h8,12-18,26H,1,9-11H2,2-7H3,(H,29,30)/t14?,15-,16-,17+,18?,22-,23?/m0/s1. The summed E-state index contributed by atoms with van der Waals surface area (Å²) < 4.78 is 6.48. The van der Waals surface area contributed by atoms with Gasteiger partial charge in [-0.3, -0.25) is 14.4 Å². The zero-order chi connectivity index (χ0) is 23.5. The first-order chi connectivity index (χ1) is 14.4. The average Bonchev–Trinajstić information content (AvgIpc) is 3.17. The Morgan fingerprint density at radius 2 is 1.97 bits per heavy atom. The first kappa shape index (κ1) is 23.7. The van der Waals surface area contributed by atoms with Crippen LogP contribution in [-0.2, 0) is 19.1 Å². The number of aliphatic hydroxyl groups excluding tert-OH is 1. The van der Waals surface area contributed by atoms with Crippen molar-refractivity contribution in [3.8, 4) is 0 Å². The van der Waals surface area contributed by atoms with E-state index in [1.165, 1.54) is 4.90 Å². The molecule has 3 aliphatic rings. The van der Waals surface area contributed by atoms with Crippen molar-refractivity contribution in [3.05, 3.63) is 12.7 Å². The quantitative estimate of drug-likeness (QED) is 0.559. The minimum Gasteiger partial charge on any atom is -0.481 e.